The SMILES string of the molecule is CC(C)(C)NC(=O)C(C)(C)CC(C)(C)C(C)(C)N. The molecule has 0 saturated carbocycles. The lowest BCUT2D eigenvalue weighted by atomic mass is 9.65. The summed E-state index contributed by atoms with van der Waals surface area (Å²) in [6.45, 7) is 18.3. The van der Waals surface area contributed by atoms with Crippen LogP contribution in [0.1, 0.15) is 68.7 Å². The minimum absolute atomic E-state index is 0.0901. The van der Waals surface area contributed by atoms with Gasteiger partial charge in [-0.05, 0) is 46.5 Å². The van der Waals surface area contributed by atoms with Gasteiger partial charge in [0.25, 0.3) is 0 Å². The monoisotopic (exact) mass is 256 g/mol. The van der Waals surface area contributed by atoms with Crippen LogP contribution in [0.4, 0.5) is 0 Å². The maximum Gasteiger partial charge on any atom is 0.226 e. The molecule has 18 heavy (non-hydrogen) atoms. The van der Waals surface area contributed by atoms with Crippen molar-refractivity contribution >= 4 is 5.91 Å². The average molecular weight is 256 g/mol. The molecule has 1 amide bonds. The normalized spacial score (nSPS) is 14.6. The third-order valence-corrected chi connectivity index (χ3v) is 3.73. The first-order valence-corrected chi connectivity index (χ1v) is 6.70. The summed E-state index contributed by atoms with van der Waals surface area (Å²) < 4.78 is 0. The molecule has 0 aliphatic heterocycles. The molecule has 0 aliphatic carbocycles. The number of carbonyl (C=O) groups is 1. The lowest BCUT2D eigenvalue weighted by molar-refractivity contribution is -0.133. The van der Waals surface area contributed by atoms with Gasteiger partial charge in [-0.15, -0.1) is 0 Å². The summed E-state index contributed by atoms with van der Waals surface area (Å²) in [4.78, 5) is 12.3. The zero-order valence-corrected chi connectivity index (χ0v) is 13.7. The van der Waals surface area contributed by atoms with Crippen LogP contribution >= 0.6 is 0 Å². The van der Waals surface area contributed by atoms with Crippen molar-refractivity contribution in [3.8, 4) is 0 Å². The third kappa shape index (κ3) is 4.97. The van der Waals surface area contributed by atoms with Crippen molar-refractivity contribution < 1.29 is 4.79 Å². The van der Waals surface area contributed by atoms with E-state index in [9.17, 15) is 4.79 Å². The predicted octanol–water partition coefficient (Wildman–Crippen LogP) is 3.08. The topological polar surface area (TPSA) is 55.1 Å². The van der Waals surface area contributed by atoms with E-state index in [0.717, 1.165) is 6.42 Å². The number of hydrogen-bond donors (Lipinski definition) is 2. The van der Waals surface area contributed by atoms with E-state index in [1.165, 1.54) is 0 Å². The van der Waals surface area contributed by atoms with Gasteiger partial charge in [0.15, 0.2) is 0 Å². The second-order valence-corrected chi connectivity index (χ2v) is 8.37. The third-order valence-electron chi connectivity index (χ3n) is 3.73. The van der Waals surface area contributed by atoms with Crippen LogP contribution in [0.2, 0.25) is 0 Å². The fourth-order valence-electron chi connectivity index (χ4n) is 1.92. The molecular formula is C15H32N2O. The second-order valence-electron chi connectivity index (χ2n) is 8.37. The van der Waals surface area contributed by atoms with E-state index in [1.807, 2.05) is 48.5 Å². The summed E-state index contributed by atoms with van der Waals surface area (Å²) in [7, 11) is 0. The number of rotatable bonds is 4. The highest BCUT2D eigenvalue weighted by atomic mass is 16.2. The molecule has 108 valence electrons. The first kappa shape index (κ1) is 17.4. The van der Waals surface area contributed by atoms with Crippen LogP contribution in [0.25, 0.3) is 0 Å². The fraction of sp³-hybridized carbons (Fsp3) is 0.933. The van der Waals surface area contributed by atoms with Gasteiger partial charge in [-0.1, -0.05) is 27.7 Å². The summed E-state index contributed by atoms with van der Waals surface area (Å²) in [6.07, 6.45) is 0.755. The largest absolute Gasteiger partial charge is 0.351 e. The first-order chi connectivity index (χ1) is 7.58. The molecule has 0 aromatic rings. The molecule has 0 spiro atoms. The standard InChI is InChI=1S/C15H32N2O/c1-12(2,3)17-11(18)13(4,5)10-14(6,7)15(8,9)16/h10,16H2,1-9H3,(H,17,18). The summed E-state index contributed by atoms with van der Waals surface area (Å²) in [6, 6.07) is 0. The molecule has 0 saturated heterocycles. The smallest absolute Gasteiger partial charge is 0.226 e. The van der Waals surface area contributed by atoms with Crippen molar-refractivity contribution in [2.45, 2.75) is 79.8 Å². The fourth-order valence-corrected chi connectivity index (χ4v) is 1.92. The lowest BCUT2D eigenvalue weighted by Crippen LogP contribution is -2.53. The van der Waals surface area contributed by atoms with Gasteiger partial charge in [0.2, 0.25) is 5.91 Å². The molecule has 0 heterocycles. The zero-order chi connectivity index (χ0) is 15.0. The van der Waals surface area contributed by atoms with Crippen LogP contribution in [-0.4, -0.2) is 17.0 Å². The molecule has 3 N–H and O–H groups in total. The molecule has 0 fully saturated rings. The molecule has 0 aromatic heterocycles. The van der Waals surface area contributed by atoms with Crippen molar-refractivity contribution in [1.29, 1.82) is 0 Å². The number of carbonyl (C=O) groups excluding carboxylic acids is 1. The Balaban J connectivity index is 4.92. The van der Waals surface area contributed by atoms with Crippen molar-refractivity contribution in [2.75, 3.05) is 0 Å². The van der Waals surface area contributed by atoms with Gasteiger partial charge in [0.1, 0.15) is 0 Å². The van der Waals surface area contributed by atoms with Crippen molar-refractivity contribution in [2.24, 2.45) is 16.6 Å². The highest BCUT2D eigenvalue weighted by Crippen LogP contribution is 2.40. The lowest BCUT2D eigenvalue weighted by Gasteiger charge is -2.43. The zero-order valence-electron chi connectivity index (χ0n) is 13.7. The summed E-state index contributed by atoms with van der Waals surface area (Å²) >= 11 is 0. The second kappa shape index (κ2) is 4.84. The van der Waals surface area contributed by atoms with E-state index in [-0.39, 0.29) is 22.4 Å². The number of nitrogens with one attached hydrogen (secondary N) is 1. The maximum absolute atomic E-state index is 12.3. The minimum Gasteiger partial charge on any atom is -0.351 e. The Morgan fingerprint density at radius 3 is 1.61 bits per heavy atom. The molecule has 0 bridgehead atoms. The Bertz CT molecular complexity index is 303. The molecule has 0 aliphatic rings. The molecule has 0 unspecified atom stereocenters. The van der Waals surface area contributed by atoms with Gasteiger partial charge in [-0.2, -0.15) is 0 Å². The van der Waals surface area contributed by atoms with E-state index in [2.05, 4.69) is 19.2 Å². The van der Waals surface area contributed by atoms with Crippen LogP contribution in [0.5, 0.6) is 0 Å². The van der Waals surface area contributed by atoms with E-state index >= 15 is 0 Å². The number of nitrogens with two attached hydrogens (primary N) is 1. The van der Waals surface area contributed by atoms with E-state index in [1.54, 1.807) is 0 Å². The van der Waals surface area contributed by atoms with Crippen LogP contribution in [-0.2, 0) is 4.79 Å². The van der Waals surface area contributed by atoms with Crippen molar-refractivity contribution in [3.63, 3.8) is 0 Å². The van der Waals surface area contributed by atoms with Gasteiger partial charge >= 0.3 is 0 Å². The Hall–Kier alpha value is -0.570. The van der Waals surface area contributed by atoms with Crippen LogP contribution in [0.3, 0.4) is 0 Å². The molecular weight excluding hydrogens is 224 g/mol. The number of amides is 1. The molecule has 3 heteroatoms. The van der Waals surface area contributed by atoms with Gasteiger partial charge in [-0.3, -0.25) is 4.79 Å². The summed E-state index contributed by atoms with van der Waals surface area (Å²) in [5, 5.41) is 3.05. The molecule has 0 atom stereocenters. The Morgan fingerprint density at radius 1 is 0.944 bits per heavy atom. The van der Waals surface area contributed by atoms with Crippen LogP contribution < -0.4 is 11.1 Å². The van der Waals surface area contributed by atoms with E-state index in [0.29, 0.717) is 0 Å². The average Bonchev–Trinajstić information content (AvgIpc) is 1.95. The van der Waals surface area contributed by atoms with Gasteiger partial charge in [-0.25, -0.2) is 0 Å². The minimum atomic E-state index is -0.423. The summed E-state index contributed by atoms with van der Waals surface area (Å²) in [5.74, 6) is 0.0901. The quantitative estimate of drug-likeness (QED) is 0.812. The van der Waals surface area contributed by atoms with Crippen LogP contribution in [0.15, 0.2) is 0 Å². The molecule has 0 rings (SSSR count). The highest BCUT2D eigenvalue weighted by Gasteiger charge is 2.41. The number of hydrogen-bond acceptors (Lipinski definition) is 2. The van der Waals surface area contributed by atoms with E-state index in [4.69, 9.17) is 5.73 Å². The van der Waals surface area contributed by atoms with Crippen molar-refractivity contribution in [3.05, 3.63) is 0 Å². The van der Waals surface area contributed by atoms with Crippen LogP contribution in [0, 0.1) is 10.8 Å². The molecule has 0 aromatic carbocycles. The Morgan fingerprint density at radius 2 is 1.33 bits per heavy atom. The van der Waals surface area contributed by atoms with Crippen molar-refractivity contribution in [1.82, 2.24) is 5.32 Å². The molecule has 0 radical (unpaired) electrons. The predicted molar refractivity (Wildman–Crippen MR) is 78.3 cm³/mol. The van der Waals surface area contributed by atoms with E-state index < -0.39 is 5.41 Å². The Kier molecular flexibility index (Phi) is 4.69. The molecule has 3 nitrogen and oxygen atoms in total. The first-order valence-electron chi connectivity index (χ1n) is 6.70. The van der Waals surface area contributed by atoms with Gasteiger partial charge in [0.05, 0.1) is 0 Å². The van der Waals surface area contributed by atoms with Gasteiger partial charge < -0.3 is 11.1 Å². The maximum atomic E-state index is 12.3. The van der Waals surface area contributed by atoms with Gasteiger partial charge in [0, 0.05) is 16.5 Å². The Labute approximate surface area is 113 Å². The highest BCUT2D eigenvalue weighted by molar-refractivity contribution is 5.82. The summed E-state index contributed by atoms with van der Waals surface area (Å²) in [5.41, 5.74) is 5.18.